The highest BCUT2D eigenvalue weighted by Crippen LogP contribution is 2.38. The first-order valence-electron chi connectivity index (χ1n) is 6.05. The molecular formula is C11H16N4O2S3. The van der Waals surface area contributed by atoms with Crippen LogP contribution < -0.4 is 11.1 Å². The highest BCUT2D eigenvalue weighted by Gasteiger charge is 2.17. The summed E-state index contributed by atoms with van der Waals surface area (Å²) in [5.41, 5.74) is 7.57. The van der Waals surface area contributed by atoms with Crippen LogP contribution in [0.5, 0.6) is 0 Å². The van der Waals surface area contributed by atoms with E-state index in [2.05, 4.69) is 14.7 Å². The van der Waals surface area contributed by atoms with E-state index < -0.39 is 9.84 Å². The fraction of sp³-hybridized carbons (Fsp3) is 0.455. The Balaban J connectivity index is 2.14. The molecule has 0 radical (unpaired) electrons. The van der Waals surface area contributed by atoms with E-state index in [0.717, 1.165) is 21.3 Å². The van der Waals surface area contributed by atoms with Crippen LogP contribution in [-0.4, -0.2) is 35.8 Å². The lowest BCUT2D eigenvalue weighted by atomic mass is 10.3. The van der Waals surface area contributed by atoms with Crippen LogP contribution in [0.4, 0.5) is 10.8 Å². The molecule has 0 saturated carbocycles. The van der Waals surface area contributed by atoms with E-state index in [1.54, 1.807) is 6.92 Å². The van der Waals surface area contributed by atoms with Crippen molar-refractivity contribution in [2.45, 2.75) is 13.8 Å². The SMILES string of the molecule is CCS(=O)(=O)CCNc1snc(N)c1-c1nc(C)cs1. The minimum atomic E-state index is -2.98. The number of nitrogen functional groups attached to an aromatic ring is 1. The van der Waals surface area contributed by atoms with Gasteiger partial charge in [0.2, 0.25) is 0 Å². The fourth-order valence-electron chi connectivity index (χ4n) is 1.56. The molecule has 0 amide bonds. The van der Waals surface area contributed by atoms with E-state index in [1.807, 2.05) is 12.3 Å². The zero-order valence-corrected chi connectivity index (χ0v) is 13.7. The van der Waals surface area contributed by atoms with E-state index in [1.165, 1.54) is 22.9 Å². The van der Waals surface area contributed by atoms with Crippen molar-refractivity contribution >= 4 is 43.5 Å². The van der Waals surface area contributed by atoms with Gasteiger partial charge < -0.3 is 11.1 Å². The van der Waals surface area contributed by atoms with E-state index in [4.69, 9.17) is 5.73 Å². The van der Waals surface area contributed by atoms with E-state index in [-0.39, 0.29) is 11.5 Å². The van der Waals surface area contributed by atoms with Crippen LogP contribution in [0.2, 0.25) is 0 Å². The van der Waals surface area contributed by atoms with Crippen molar-refractivity contribution in [2.24, 2.45) is 0 Å². The summed E-state index contributed by atoms with van der Waals surface area (Å²) in [6.45, 7) is 3.90. The summed E-state index contributed by atoms with van der Waals surface area (Å²) in [7, 11) is -2.98. The maximum Gasteiger partial charge on any atom is 0.151 e. The summed E-state index contributed by atoms with van der Waals surface area (Å²) in [4.78, 5) is 4.39. The second-order valence-corrected chi connectivity index (χ2v) is 8.33. The number of hydrogen-bond acceptors (Lipinski definition) is 8. The molecule has 2 aromatic heterocycles. The number of nitrogens with zero attached hydrogens (tertiary/aromatic N) is 2. The van der Waals surface area contributed by atoms with Gasteiger partial charge in [-0.25, -0.2) is 13.4 Å². The highest BCUT2D eigenvalue weighted by atomic mass is 32.2. The molecule has 0 aromatic carbocycles. The predicted molar refractivity (Wildman–Crippen MR) is 85.2 cm³/mol. The van der Waals surface area contributed by atoms with Gasteiger partial charge in [-0.15, -0.1) is 11.3 Å². The van der Waals surface area contributed by atoms with Crippen molar-refractivity contribution in [3.05, 3.63) is 11.1 Å². The molecule has 2 aromatic rings. The van der Waals surface area contributed by atoms with Crippen molar-refractivity contribution in [3.8, 4) is 10.6 Å². The van der Waals surface area contributed by atoms with Crippen LogP contribution in [0, 0.1) is 6.92 Å². The number of thiazole rings is 1. The van der Waals surface area contributed by atoms with Crippen LogP contribution in [0.1, 0.15) is 12.6 Å². The molecule has 0 fully saturated rings. The number of aromatic nitrogens is 2. The van der Waals surface area contributed by atoms with Gasteiger partial charge in [0.25, 0.3) is 0 Å². The molecule has 2 heterocycles. The Kier molecular flexibility index (Phi) is 4.61. The zero-order valence-electron chi connectivity index (χ0n) is 11.2. The molecule has 0 aliphatic heterocycles. The lowest BCUT2D eigenvalue weighted by molar-refractivity contribution is 0.597. The van der Waals surface area contributed by atoms with E-state index in [0.29, 0.717) is 12.4 Å². The molecule has 9 heteroatoms. The zero-order chi connectivity index (χ0) is 14.8. The molecule has 6 nitrogen and oxygen atoms in total. The summed E-state index contributed by atoms with van der Waals surface area (Å²) < 4.78 is 27.0. The Labute approximate surface area is 126 Å². The maximum atomic E-state index is 11.5. The van der Waals surface area contributed by atoms with Gasteiger partial charge in [0.1, 0.15) is 15.8 Å². The van der Waals surface area contributed by atoms with Gasteiger partial charge in [0, 0.05) is 23.4 Å². The summed E-state index contributed by atoms with van der Waals surface area (Å²) in [5.74, 6) is 0.667. The molecule has 0 atom stereocenters. The third-order valence-corrected chi connectivity index (χ3v) is 6.19. The average Bonchev–Trinajstić information content (AvgIpc) is 2.96. The first kappa shape index (κ1) is 15.2. The van der Waals surface area contributed by atoms with Gasteiger partial charge in [-0.3, -0.25) is 0 Å². The first-order chi connectivity index (χ1) is 9.43. The van der Waals surface area contributed by atoms with Crippen LogP contribution in [-0.2, 0) is 9.84 Å². The average molecular weight is 332 g/mol. The minimum absolute atomic E-state index is 0.0949. The third kappa shape index (κ3) is 3.47. The van der Waals surface area contributed by atoms with Crippen molar-refractivity contribution in [3.63, 3.8) is 0 Å². The molecule has 20 heavy (non-hydrogen) atoms. The van der Waals surface area contributed by atoms with Crippen molar-refractivity contribution in [1.82, 2.24) is 9.36 Å². The van der Waals surface area contributed by atoms with E-state index >= 15 is 0 Å². The van der Waals surface area contributed by atoms with Crippen LogP contribution >= 0.6 is 22.9 Å². The number of aryl methyl sites for hydroxylation is 1. The standard InChI is InChI=1S/C11H16N4O2S3/c1-3-20(16,17)5-4-13-10-8(9(12)15-19-10)11-14-7(2)6-18-11/h6,13H,3-5H2,1-2H3,(H2,12,15). The number of hydrogen-bond donors (Lipinski definition) is 2. The third-order valence-electron chi connectivity index (χ3n) is 2.69. The molecule has 0 saturated heterocycles. The largest absolute Gasteiger partial charge is 0.382 e. The van der Waals surface area contributed by atoms with Gasteiger partial charge in [-0.1, -0.05) is 6.92 Å². The first-order valence-corrected chi connectivity index (χ1v) is 9.52. The molecule has 110 valence electrons. The normalized spacial score (nSPS) is 11.7. The topological polar surface area (TPSA) is 98.0 Å². The molecule has 0 aliphatic rings. The Morgan fingerprint density at radius 1 is 1.45 bits per heavy atom. The number of nitrogens with two attached hydrogens (primary N) is 1. The monoisotopic (exact) mass is 332 g/mol. The van der Waals surface area contributed by atoms with Gasteiger partial charge in [0.15, 0.2) is 9.84 Å². The number of anilines is 2. The summed E-state index contributed by atoms with van der Waals surface area (Å²) in [6, 6.07) is 0. The smallest absolute Gasteiger partial charge is 0.151 e. The Bertz CT molecular complexity index is 690. The van der Waals surface area contributed by atoms with E-state index in [9.17, 15) is 8.42 Å². The van der Waals surface area contributed by atoms with Crippen LogP contribution in [0.15, 0.2) is 5.38 Å². The molecule has 3 N–H and O–H groups in total. The molecular weight excluding hydrogens is 316 g/mol. The van der Waals surface area contributed by atoms with Crippen LogP contribution in [0.25, 0.3) is 10.6 Å². The van der Waals surface area contributed by atoms with Crippen molar-refractivity contribution < 1.29 is 8.42 Å². The number of sulfone groups is 1. The second kappa shape index (κ2) is 6.06. The van der Waals surface area contributed by atoms with Gasteiger partial charge >= 0.3 is 0 Å². The molecule has 0 aliphatic carbocycles. The molecule has 0 spiro atoms. The lowest BCUT2D eigenvalue weighted by Gasteiger charge is -2.05. The minimum Gasteiger partial charge on any atom is -0.382 e. The second-order valence-electron chi connectivity index (χ2n) is 4.23. The van der Waals surface area contributed by atoms with Gasteiger partial charge in [0.05, 0.1) is 11.3 Å². The van der Waals surface area contributed by atoms with Crippen LogP contribution in [0.3, 0.4) is 0 Å². The summed E-state index contributed by atoms with van der Waals surface area (Å²) >= 11 is 2.72. The fourth-order valence-corrected chi connectivity index (χ4v) is 3.93. The van der Waals surface area contributed by atoms with Gasteiger partial charge in [-0.05, 0) is 18.5 Å². The highest BCUT2D eigenvalue weighted by molar-refractivity contribution is 7.91. The van der Waals surface area contributed by atoms with Gasteiger partial charge in [-0.2, -0.15) is 4.37 Å². The lowest BCUT2D eigenvalue weighted by Crippen LogP contribution is -2.17. The summed E-state index contributed by atoms with van der Waals surface area (Å²) in [6.07, 6.45) is 0. The summed E-state index contributed by atoms with van der Waals surface area (Å²) in [5, 5.41) is 6.61. The van der Waals surface area contributed by atoms with Crippen molar-refractivity contribution in [1.29, 1.82) is 0 Å². The van der Waals surface area contributed by atoms with Crippen molar-refractivity contribution in [2.75, 3.05) is 29.1 Å². The Morgan fingerprint density at radius 2 is 2.20 bits per heavy atom. The Hall–Kier alpha value is -1.19. The Morgan fingerprint density at radius 3 is 2.80 bits per heavy atom. The number of rotatable bonds is 6. The molecule has 0 unspecified atom stereocenters. The molecule has 0 bridgehead atoms. The predicted octanol–water partition coefficient (Wildman–Crippen LogP) is 2.00. The quantitative estimate of drug-likeness (QED) is 0.839. The maximum absolute atomic E-state index is 11.5. The molecule has 2 rings (SSSR count). The number of nitrogens with one attached hydrogen (secondary N) is 1.